The maximum atomic E-state index is 10.6. The molecule has 0 radical (unpaired) electrons. The number of hydrogen-bond donors (Lipinski definition) is 3. The fraction of sp³-hybridized carbons (Fsp3) is 0.286. The lowest BCUT2D eigenvalue weighted by Gasteiger charge is -2.17. The second kappa shape index (κ2) is 7.93. The lowest BCUT2D eigenvalue weighted by Crippen LogP contribution is -2.34. The quantitative estimate of drug-likeness (QED) is 0.404. The normalized spacial score (nSPS) is 23.5. The molecule has 9 nitrogen and oxygen atoms in total. The van der Waals surface area contributed by atoms with Gasteiger partial charge in [0, 0.05) is 24.7 Å². The Morgan fingerprint density at radius 1 is 1.16 bits per heavy atom. The SMILES string of the molecule is CNc1ccc2ccc(OC[C@H]3O[C@@H](n4ccc5c(Cl)ncnc54)[C@H](O)[C@@H]3O)cc2n1. The van der Waals surface area contributed by atoms with Gasteiger partial charge in [-0.1, -0.05) is 11.6 Å². The van der Waals surface area contributed by atoms with Crippen molar-refractivity contribution in [2.45, 2.75) is 24.5 Å². The number of anilines is 1. The first-order valence-corrected chi connectivity index (χ1v) is 10.1. The van der Waals surface area contributed by atoms with Crippen LogP contribution in [0.1, 0.15) is 6.23 Å². The molecular weight excluding hydrogens is 422 g/mol. The zero-order valence-corrected chi connectivity index (χ0v) is 17.3. The number of fused-ring (bicyclic) bond motifs is 2. The van der Waals surface area contributed by atoms with Gasteiger partial charge in [-0.05, 0) is 30.3 Å². The number of aliphatic hydroxyl groups is 2. The molecule has 4 atom stereocenters. The monoisotopic (exact) mass is 441 g/mol. The Bertz CT molecular complexity index is 1250. The van der Waals surface area contributed by atoms with E-state index in [4.69, 9.17) is 21.1 Å². The fourth-order valence-electron chi connectivity index (χ4n) is 3.75. The largest absolute Gasteiger partial charge is 0.491 e. The van der Waals surface area contributed by atoms with Crippen LogP contribution < -0.4 is 10.1 Å². The van der Waals surface area contributed by atoms with E-state index in [2.05, 4.69) is 20.3 Å². The van der Waals surface area contributed by atoms with E-state index in [1.165, 1.54) is 6.33 Å². The lowest BCUT2D eigenvalue weighted by atomic mass is 10.1. The van der Waals surface area contributed by atoms with Crippen molar-refractivity contribution in [1.29, 1.82) is 0 Å². The highest BCUT2D eigenvalue weighted by molar-refractivity contribution is 6.33. The van der Waals surface area contributed by atoms with E-state index in [1.54, 1.807) is 16.8 Å². The summed E-state index contributed by atoms with van der Waals surface area (Å²) < 4.78 is 13.4. The van der Waals surface area contributed by atoms with Crippen LogP contribution >= 0.6 is 11.6 Å². The Morgan fingerprint density at radius 3 is 2.84 bits per heavy atom. The van der Waals surface area contributed by atoms with Gasteiger partial charge >= 0.3 is 0 Å². The van der Waals surface area contributed by atoms with Gasteiger partial charge in [0.2, 0.25) is 0 Å². The molecule has 4 aromatic rings. The number of aromatic nitrogens is 4. The van der Waals surface area contributed by atoms with Gasteiger partial charge in [-0.2, -0.15) is 0 Å². The molecule has 0 spiro atoms. The van der Waals surface area contributed by atoms with Crippen LogP contribution in [0.3, 0.4) is 0 Å². The molecule has 1 aliphatic rings. The van der Waals surface area contributed by atoms with Crippen molar-refractivity contribution < 1.29 is 19.7 Å². The van der Waals surface area contributed by atoms with E-state index in [0.29, 0.717) is 21.9 Å². The molecule has 160 valence electrons. The van der Waals surface area contributed by atoms with Crippen molar-refractivity contribution in [1.82, 2.24) is 19.5 Å². The maximum Gasteiger partial charge on any atom is 0.164 e. The minimum absolute atomic E-state index is 0.0564. The topological polar surface area (TPSA) is 115 Å². The first-order valence-electron chi connectivity index (χ1n) is 9.75. The minimum Gasteiger partial charge on any atom is -0.491 e. The van der Waals surface area contributed by atoms with Gasteiger partial charge in [-0.15, -0.1) is 0 Å². The predicted molar refractivity (Wildman–Crippen MR) is 115 cm³/mol. The van der Waals surface area contributed by atoms with Crippen LogP contribution in [0.5, 0.6) is 5.75 Å². The van der Waals surface area contributed by atoms with Crippen LogP contribution in [0, 0.1) is 0 Å². The Kier molecular flexibility index (Phi) is 5.11. The summed E-state index contributed by atoms with van der Waals surface area (Å²) >= 11 is 6.10. The Labute approximate surface area is 182 Å². The average Bonchev–Trinajstić information content (AvgIpc) is 3.34. The molecule has 0 saturated carbocycles. The molecule has 31 heavy (non-hydrogen) atoms. The van der Waals surface area contributed by atoms with Gasteiger partial charge in [0.05, 0.1) is 10.9 Å². The second-order valence-corrected chi connectivity index (χ2v) is 7.64. The third-order valence-corrected chi connectivity index (χ3v) is 5.71. The van der Waals surface area contributed by atoms with Crippen molar-refractivity contribution in [3.63, 3.8) is 0 Å². The van der Waals surface area contributed by atoms with Gasteiger partial charge < -0.3 is 29.6 Å². The zero-order valence-electron chi connectivity index (χ0n) is 16.5. The van der Waals surface area contributed by atoms with E-state index in [-0.39, 0.29) is 6.61 Å². The maximum absolute atomic E-state index is 10.6. The molecule has 1 aliphatic heterocycles. The van der Waals surface area contributed by atoms with Crippen molar-refractivity contribution in [2.75, 3.05) is 19.0 Å². The highest BCUT2D eigenvalue weighted by Gasteiger charge is 2.44. The van der Waals surface area contributed by atoms with Crippen molar-refractivity contribution >= 4 is 39.4 Å². The molecule has 10 heteroatoms. The van der Waals surface area contributed by atoms with Crippen LogP contribution in [-0.2, 0) is 4.74 Å². The minimum atomic E-state index is -1.16. The first kappa shape index (κ1) is 20.0. The summed E-state index contributed by atoms with van der Waals surface area (Å²) in [6, 6.07) is 11.2. The number of nitrogens with zero attached hydrogens (tertiary/aromatic N) is 4. The zero-order chi connectivity index (χ0) is 21.5. The van der Waals surface area contributed by atoms with Gasteiger partial charge in [0.1, 0.15) is 53.6 Å². The molecule has 4 heterocycles. The van der Waals surface area contributed by atoms with Crippen molar-refractivity contribution in [3.05, 3.63) is 54.1 Å². The molecule has 5 rings (SSSR count). The van der Waals surface area contributed by atoms with E-state index in [0.717, 1.165) is 16.7 Å². The number of aliphatic hydroxyl groups excluding tert-OH is 2. The fourth-order valence-corrected chi connectivity index (χ4v) is 3.94. The molecule has 0 aliphatic carbocycles. The van der Waals surface area contributed by atoms with Crippen LogP contribution in [0.25, 0.3) is 21.9 Å². The summed E-state index contributed by atoms with van der Waals surface area (Å²) in [5, 5.41) is 26.0. The van der Waals surface area contributed by atoms with Gasteiger partial charge in [0.25, 0.3) is 0 Å². The predicted octanol–water partition coefficient (Wildman–Crippen LogP) is 2.37. The highest BCUT2D eigenvalue weighted by atomic mass is 35.5. The summed E-state index contributed by atoms with van der Waals surface area (Å²) in [6.07, 6.45) is -0.815. The van der Waals surface area contributed by atoms with Crippen LogP contribution in [0.4, 0.5) is 5.82 Å². The number of hydrogen-bond acceptors (Lipinski definition) is 8. The molecule has 0 bridgehead atoms. The lowest BCUT2D eigenvalue weighted by molar-refractivity contribution is -0.0471. The van der Waals surface area contributed by atoms with E-state index in [1.807, 2.05) is 37.4 Å². The van der Waals surface area contributed by atoms with Crippen LogP contribution in [0.15, 0.2) is 48.9 Å². The molecule has 3 aromatic heterocycles. The average molecular weight is 442 g/mol. The first-order chi connectivity index (χ1) is 15.0. The number of halogens is 1. The van der Waals surface area contributed by atoms with E-state index >= 15 is 0 Å². The third-order valence-electron chi connectivity index (χ3n) is 5.41. The Hall–Kier alpha value is -2.98. The van der Waals surface area contributed by atoms with E-state index < -0.39 is 24.5 Å². The van der Waals surface area contributed by atoms with Gasteiger partial charge in [-0.25, -0.2) is 15.0 Å². The van der Waals surface area contributed by atoms with E-state index in [9.17, 15) is 10.2 Å². The molecule has 0 unspecified atom stereocenters. The molecule has 0 amide bonds. The summed E-state index contributed by atoms with van der Waals surface area (Å²) in [6.45, 7) is 0.0564. The standard InChI is InChI=1S/C21H20ClN5O4/c1-23-16-5-3-11-2-4-12(8-14(11)26-16)30-9-15-17(28)18(29)21(31-15)27-7-6-13-19(22)24-10-25-20(13)27/h2-8,10,15,17-18,21,28-29H,9H2,1H3,(H,23,26)/t15-,17-,18-,21-/m1/s1. The molecule has 1 aromatic carbocycles. The smallest absolute Gasteiger partial charge is 0.164 e. The molecular formula is C21H20ClN5O4. The highest BCUT2D eigenvalue weighted by Crippen LogP contribution is 2.33. The third kappa shape index (κ3) is 3.55. The Balaban J connectivity index is 1.33. The number of benzene rings is 1. The number of nitrogens with one attached hydrogen (secondary N) is 1. The van der Waals surface area contributed by atoms with Crippen LogP contribution in [-0.4, -0.2) is 61.7 Å². The summed E-state index contributed by atoms with van der Waals surface area (Å²) in [5.41, 5.74) is 1.30. The summed E-state index contributed by atoms with van der Waals surface area (Å²) in [5.74, 6) is 1.35. The van der Waals surface area contributed by atoms with Gasteiger partial charge in [0.15, 0.2) is 6.23 Å². The summed E-state index contributed by atoms with van der Waals surface area (Å²) in [7, 11) is 1.81. The second-order valence-electron chi connectivity index (χ2n) is 7.28. The van der Waals surface area contributed by atoms with Crippen molar-refractivity contribution in [2.24, 2.45) is 0 Å². The number of pyridine rings is 1. The molecule has 3 N–H and O–H groups in total. The van der Waals surface area contributed by atoms with Crippen LogP contribution in [0.2, 0.25) is 5.15 Å². The Morgan fingerprint density at radius 2 is 2.00 bits per heavy atom. The van der Waals surface area contributed by atoms with Crippen molar-refractivity contribution in [3.8, 4) is 5.75 Å². The summed E-state index contributed by atoms with van der Waals surface area (Å²) in [4.78, 5) is 12.7. The molecule has 1 saturated heterocycles. The van der Waals surface area contributed by atoms with Gasteiger partial charge in [-0.3, -0.25) is 0 Å². The molecule has 1 fully saturated rings. The number of rotatable bonds is 5. The number of ether oxygens (including phenoxy) is 2.